The molecule has 0 aliphatic carbocycles. The third kappa shape index (κ3) is 6.00. The van der Waals surface area contributed by atoms with Gasteiger partial charge in [0.2, 0.25) is 5.95 Å². The van der Waals surface area contributed by atoms with Crippen LogP contribution in [0.4, 0.5) is 11.6 Å². The number of aromatic amines is 1. The maximum Gasteiger partial charge on any atom is 0.270 e. The van der Waals surface area contributed by atoms with E-state index in [9.17, 15) is 18.5 Å². The van der Waals surface area contributed by atoms with Crippen molar-refractivity contribution >= 4 is 28.0 Å². The minimum atomic E-state index is -4.02. The number of hydrogen-bond acceptors (Lipinski definition) is 8. The fourth-order valence-corrected chi connectivity index (χ4v) is 3.30. The average Bonchev–Trinajstić information content (AvgIpc) is 2.77. The highest BCUT2D eigenvalue weighted by molar-refractivity contribution is 7.85. The van der Waals surface area contributed by atoms with Crippen LogP contribution in [-0.4, -0.2) is 48.5 Å². The fraction of sp³-hybridized carbons (Fsp3) is 0.143. The Bertz CT molecular complexity index is 1310. The van der Waals surface area contributed by atoms with Gasteiger partial charge in [-0.1, -0.05) is 42.5 Å². The lowest BCUT2D eigenvalue weighted by Crippen LogP contribution is -2.24. The molecule has 0 aliphatic heterocycles. The van der Waals surface area contributed by atoms with E-state index in [0.717, 1.165) is 11.3 Å². The molecule has 2 aromatic carbocycles. The first-order valence-corrected chi connectivity index (χ1v) is 11.0. The third-order valence-corrected chi connectivity index (χ3v) is 5.18. The Hall–Kier alpha value is -4.01. The minimum absolute atomic E-state index is 0.0839. The molecule has 32 heavy (non-hydrogen) atoms. The second-order valence-corrected chi connectivity index (χ2v) is 8.36. The van der Waals surface area contributed by atoms with Crippen molar-refractivity contribution in [3.8, 4) is 17.3 Å². The molecule has 11 heteroatoms. The van der Waals surface area contributed by atoms with E-state index in [1.54, 1.807) is 60.5 Å². The van der Waals surface area contributed by atoms with Gasteiger partial charge in [0.05, 0.1) is 17.7 Å². The molecule has 3 rings (SSSR count). The summed E-state index contributed by atoms with van der Waals surface area (Å²) in [4.78, 5) is 20.7. The molecule has 0 amide bonds. The van der Waals surface area contributed by atoms with Crippen LogP contribution in [0.3, 0.4) is 0 Å². The van der Waals surface area contributed by atoms with E-state index in [0.29, 0.717) is 5.56 Å². The van der Waals surface area contributed by atoms with Crippen LogP contribution >= 0.6 is 0 Å². The van der Waals surface area contributed by atoms with Crippen LogP contribution in [0.2, 0.25) is 0 Å². The molecule has 0 spiro atoms. The number of hydrazone groups is 1. The number of aromatic nitrogens is 2. The Morgan fingerprint density at radius 2 is 1.91 bits per heavy atom. The zero-order valence-electron chi connectivity index (χ0n) is 17.1. The van der Waals surface area contributed by atoms with Gasteiger partial charge < -0.3 is 4.90 Å². The molecular formula is C21H20N6O4S. The van der Waals surface area contributed by atoms with Crippen molar-refractivity contribution in [3.05, 3.63) is 76.1 Å². The molecule has 164 valence electrons. The van der Waals surface area contributed by atoms with Crippen molar-refractivity contribution in [1.29, 1.82) is 5.26 Å². The summed E-state index contributed by atoms with van der Waals surface area (Å²) >= 11 is 0. The molecule has 10 nitrogen and oxygen atoms in total. The van der Waals surface area contributed by atoms with Crippen LogP contribution in [0.5, 0.6) is 0 Å². The fourth-order valence-electron chi connectivity index (χ4n) is 2.80. The summed E-state index contributed by atoms with van der Waals surface area (Å²) in [6.07, 6.45) is 1.52. The summed E-state index contributed by atoms with van der Waals surface area (Å²) in [6.45, 7) is 0.148. The standard InChI is InChI=1S/C21H20N6O4S/c1-27(11-12-32(29,30)31)17-9-7-15(8-10-17)14-23-26-21-24-19(16-5-3-2-4-6-16)18(13-22)20(28)25-21/h2-10,14H,11-12H2,1H3,(H,29,30,31)(H2,24,25,26,28). The zero-order valence-corrected chi connectivity index (χ0v) is 17.9. The smallest absolute Gasteiger partial charge is 0.270 e. The molecule has 0 unspecified atom stereocenters. The molecule has 0 fully saturated rings. The molecule has 3 aromatic rings. The van der Waals surface area contributed by atoms with Gasteiger partial charge in [-0.15, -0.1) is 0 Å². The normalized spacial score (nSPS) is 11.3. The molecule has 0 saturated carbocycles. The predicted octanol–water partition coefficient (Wildman–Crippen LogP) is 2.08. The van der Waals surface area contributed by atoms with E-state index in [1.165, 1.54) is 6.21 Å². The maximum absolute atomic E-state index is 12.2. The molecule has 0 radical (unpaired) electrons. The first-order valence-electron chi connectivity index (χ1n) is 9.42. The molecule has 0 atom stereocenters. The molecule has 1 aromatic heterocycles. The van der Waals surface area contributed by atoms with Gasteiger partial charge in [0.15, 0.2) is 0 Å². The minimum Gasteiger partial charge on any atom is -0.373 e. The van der Waals surface area contributed by atoms with Gasteiger partial charge in [-0.3, -0.25) is 14.3 Å². The predicted molar refractivity (Wildman–Crippen MR) is 122 cm³/mol. The lowest BCUT2D eigenvalue weighted by atomic mass is 10.1. The molecular weight excluding hydrogens is 432 g/mol. The summed E-state index contributed by atoms with van der Waals surface area (Å²) in [7, 11) is -2.31. The number of nitrogens with one attached hydrogen (secondary N) is 2. The van der Waals surface area contributed by atoms with Crippen LogP contribution in [0.15, 0.2) is 64.5 Å². The monoisotopic (exact) mass is 452 g/mol. The Labute approximate surface area is 184 Å². The number of anilines is 2. The molecule has 1 heterocycles. The Morgan fingerprint density at radius 1 is 1.22 bits per heavy atom. The first kappa shape index (κ1) is 22.7. The van der Waals surface area contributed by atoms with Crippen molar-refractivity contribution in [2.24, 2.45) is 5.10 Å². The van der Waals surface area contributed by atoms with E-state index >= 15 is 0 Å². The van der Waals surface area contributed by atoms with Crippen molar-refractivity contribution < 1.29 is 13.0 Å². The number of rotatable bonds is 8. The number of benzene rings is 2. The Balaban J connectivity index is 1.72. The topological polar surface area (TPSA) is 152 Å². The number of nitriles is 1. The second kappa shape index (κ2) is 9.86. The van der Waals surface area contributed by atoms with Crippen LogP contribution in [0.25, 0.3) is 11.3 Å². The summed E-state index contributed by atoms with van der Waals surface area (Å²) in [5, 5.41) is 13.4. The molecule has 3 N–H and O–H groups in total. The summed E-state index contributed by atoms with van der Waals surface area (Å²) in [5.74, 6) is -0.275. The third-order valence-electron chi connectivity index (χ3n) is 4.48. The highest BCUT2D eigenvalue weighted by Crippen LogP contribution is 2.19. The molecule has 0 bridgehead atoms. The molecule has 0 aliphatic rings. The van der Waals surface area contributed by atoms with E-state index in [4.69, 9.17) is 4.55 Å². The van der Waals surface area contributed by atoms with Crippen LogP contribution in [0, 0.1) is 11.3 Å². The van der Waals surface area contributed by atoms with Gasteiger partial charge in [-0.25, -0.2) is 10.4 Å². The van der Waals surface area contributed by atoms with Gasteiger partial charge in [0.1, 0.15) is 11.6 Å². The lowest BCUT2D eigenvalue weighted by Gasteiger charge is -2.18. The summed E-state index contributed by atoms with van der Waals surface area (Å²) in [6, 6.07) is 17.9. The summed E-state index contributed by atoms with van der Waals surface area (Å²) in [5.41, 5.74) is 4.40. The van der Waals surface area contributed by atoms with Gasteiger partial charge in [0, 0.05) is 24.8 Å². The van der Waals surface area contributed by atoms with Crippen LogP contribution < -0.4 is 15.9 Å². The number of hydrogen-bond donors (Lipinski definition) is 3. The number of H-pyrrole nitrogens is 1. The van der Waals surface area contributed by atoms with E-state index in [2.05, 4.69) is 20.5 Å². The average molecular weight is 452 g/mol. The highest BCUT2D eigenvalue weighted by Gasteiger charge is 2.13. The van der Waals surface area contributed by atoms with Gasteiger partial charge >= 0.3 is 0 Å². The van der Waals surface area contributed by atoms with Gasteiger partial charge in [-0.05, 0) is 17.7 Å². The Morgan fingerprint density at radius 3 is 2.53 bits per heavy atom. The highest BCUT2D eigenvalue weighted by atomic mass is 32.2. The Kier molecular flexibility index (Phi) is 6.99. The maximum atomic E-state index is 12.2. The SMILES string of the molecule is CN(CCS(=O)(=O)O)c1ccc(C=NNc2nc(-c3ccccc3)c(C#N)c(=O)[nH]2)cc1. The first-order chi connectivity index (χ1) is 15.3. The largest absolute Gasteiger partial charge is 0.373 e. The van der Waals surface area contributed by atoms with E-state index < -0.39 is 15.7 Å². The van der Waals surface area contributed by atoms with E-state index in [1.807, 2.05) is 12.1 Å². The zero-order chi connectivity index (χ0) is 23.1. The van der Waals surface area contributed by atoms with Gasteiger partial charge in [0.25, 0.3) is 15.7 Å². The second-order valence-electron chi connectivity index (χ2n) is 6.79. The van der Waals surface area contributed by atoms with Crippen LogP contribution in [0.1, 0.15) is 11.1 Å². The van der Waals surface area contributed by atoms with Crippen molar-refractivity contribution in [2.75, 3.05) is 29.7 Å². The van der Waals surface area contributed by atoms with Crippen molar-refractivity contribution in [2.45, 2.75) is 0 Å². The summed E-state index contributed by atoms with van der Waals surface area (Å²) < 4.78 is 30.6. The quantitative estimate of drug-likeness (QED) is 0.267. The van der Waals surface area contributed by atoms with Gasteiger partial charge in [-0.2, -0.15) is 18.8 Å². The van der Waals surface area contributed by atoms with E-state index in [-0.39, 0.29) is 29.5 Å². The van der Waals surface area contributed by atoms with Crippen LogP contribution in [-0.2, 0) is 10.1 Å². The molecule has 0 saturated heterocycles. The lowest BCUT2D eigenvalue weighted by molar-refractivity contribution is 0.483. The number of nitrogens with zero attached hydrogens (tertiary/aromatic N) is 4. The van der Waals surface area contributed by atoms with Crippen molar-refractivity contribution in [3.63, 3.8) is 0 Å². The van der Waals surface area contributed by atoms with Crippen molar-refractivity contribution in [1.82, 2.24) is 9.97 Å².